The number of amides is 2. The van der Waals surface area contributed by atoms with Crippen molar-refractivity contribution >= 4 is 11.8 Å². The zero-order valence-electron chi connectivity index (χ0n) is 11.6. The van der Waals surface area contributed by atoms with E-state index in [9.17, 15) is 27.9 Å². The molecule has 0 spiro atoms. The highest BCUT2D eigenvalue weighted by molar-refractivity contribution is 5.96. The molecule has 2 N–H and O–H groups in total. The second-order valence-electron chi connectivity index (χ2n) is 5.14. The van der Waals surface area contributed by atoms with Gasteiger partial charge in [-0.3, -0.25) is 9.59 Å². The second-order valence-corrected chi connectivity index (χ2v) is 5.14. The van der Waals surface area contributed by atoms with Crippen molar-refractivity contribution in [3.63, 3.8) is 0 Å². The van der Waals surface area contributed by atoms with Gasteiger partial charge in [0.15, 0.2) is 5.60 Å². The second kappa shape index (κ2) is 5.96. The Balaban J connectivity index is 1.88. The zero-order valence-corrected chi connectivity index (χ0v) is 11.6. The van der Waals surface area contributed by atoms with Gasteiger partial charge in [0.25, 0.3) is 5.91 Å². The van der Waals surface area contributed by atoms with Gasteiger partial charge < -0.3 is 15.3 Å². The average Bonchev–Trinajstić information content (AvgIpc) is 2.89. The Hall–Kier alpha value is -2.09. The summed E-state index contributed by atoms with van der Waals surface area (Å²) in [6.45, 7) is -1.42. The summed E-state index contributed by atoms with van der Waals surface area (Å²) in [5.74, 6) is -1.15. The van der Waals surface area contributed by atoms with Gasteiger partial charge in [-0.2, -0.15) is 13.2 Å². The lowest BCUT2D eigenvalue weighted by molar-refractivity contribution is -0.253. The first kappa shape index (κ1) is 16.3. The van der Waals surface area contributed by atoms with Gasteiger partial charge in [0, 0.05) is 18.5 Å². The zero-order chi connectivity index (χ0) is 16.4. The van der Waals surface area contributed by atoms with Crippen LogP contribution in [0.2, 0.25) is 0 Å². The molecule has 2 rings (SSSR count). The number of halogens is 3. The molecule has 1 aliphatic rings. The van der Waals surface area contributed by atoms with Crippen molar-refractivity contribution in [1.82, 2.24) is 10.2 Å². The van der Waals surface area contributed by atoms with Crippen LogP contribution in [0.15, 0.2) is 30.3 Å². The van der Waals surface area contributed by atoms with Crippen molar-refractivity contribution in [2.24, 2.45) is 0 Å². The van der Waals surface area contributed by atoms with Gasteiger partial charge in [-0.1, -0.05) is 18.2 Å². The fourth-order valence-corrected chi connectivity index (χ4v) is 2.20. The number of β-amino-alcohol motifs (C(OH)–C–C–N with tert-alkyl or cyclic N) is 1. The molecule has 1 aromatic rings. The van der Waals surface area contributed by atoms with Crippen LogP contribution in [-0.4, -0.2) is 53.2 Å². The number of nitrogens with zero attached hydrogens (tertiary/aromatic N) is 1. The topological polar surface area (TPSA) is 69.6 Å². The lowest BCUT2D eigenvalue weighted by atomic mass is 10.0. The summed E-state index contributed by atoms with van der Waals surface area (Å²) in [4.78, 5) is 24.5. The number of hydrogen-bond acceptors (Lipinski definition) is 3. The molecule has 0 bridgehead atoms. The summed E-state index contributed by atoms with van der Waals surface area (Å²) in [5.41, 5.74) is -2.52. The van der Waals surface area contributed by atoms with Crippen LogP contribution in [0.5, 0.6) is 0 Å². The molecule has 0 saturated carbocycles. The van der Waals surface area contributed by atoms with Crippen LogP contribution in [0.25, 0.3) is 0 Å². The van der Waals surface area contributed by atoms with E-state index in [4.69, 9.17) is 0 Å². The third-order valence-corrected chi connectivity index (χ3v) is 3.56. The molecule has 1 heterocycles. The number of carbonyl (C=O) groups is 2. The minimum absolute atomic E-state index is 0.198. The van der Waals surface area contributed by atoms with Gasteiger partial charge in [0.05, 0.1) is 13.1 Å². The third kappa shape index (κ3) is 3.38. The predicted octanol–water partition coefficient (Wildman–Crippen LogP) is 0.942. The van der Waals surface area contributed by atoms with Crippen LogP contribution < -0.4 is 5.32 Å². The molecule has 120 valence electrons. The quantitative estimate of drug-likeness (QED) is 0.872. The molecule has 1 aliphatic heterocycles. The fourth-order valence-electron chi connectivity index (χ4n) is 2.20. The number of aliphatic hydroxyl groups is 1. The maximum Gasteiger partial charge on any atom is 0.419 e. The van der Waals surface area contributed by atoms with E-state index in [-0.39, 0.29) is 6.54 Å². The van der Waals surface area contributed by atoms with Crippen molar-refractivity contribution in [1.29, 1.82) is 0 Å². The number of hydrogen-bond donors (Lipinski definition) is 2. The highest BCUT2D eigenvalue weighted by atomic mass is 19.4. The molecule has 1 atom stereocenters. The first-order valence-corrected chi connectivity index (χ1v) is 6.63. The molecule has 1 aromatic carbocycles. The van der Waals surface area contributed by atoms with E-state index in [1.54, 1.807) is 30.3 Å². The summed E-state index contributed by atoms with van der Waals surface area (Å²) >= 11 is 0. The lowest BCUT2D eigenvalue weighted by Gasteiger charge is -2.25. The SMILES string of the molecule is O=C(NCC(=O)N1CC[C@@](O)(C(F)(F)F)C1)c1ccccc1. The molecule has 5 nitrogen and oxygen atoms in total. The van der Waals surface area contributed by atoms with Crippen LogP contribution in [0.3, 0.4) is 0 Å². The minimum Gasteiger partial charge on any atom is -0.379 e. The van der Waals surface area contributed by atoms with Gasteiger partial charge in [0.1, 0.15) is 0 Å². The normalized spacial score (nSPS) is 21.7. The van der Waals surface area contributed by atoms with Gasteiger partial charge >= 0.3 is 6.18 Å². The lowest BCUT2D eigenvalue weighted by Crippen LogP contribution is -2.49. The van der Waals surface area contributed by atoms with Gasteiger partial charge in [0.2, 0.25) is 5.91 Å². The molecular weight excluding hydrogens is 301 g/mol. The first-order chi connectivity index (χ1) is 10.2. The van der Waals surface area contributed by atoms with Crippen LogP contribution >= 0.6 is 0 Å². The van der Waals surface area contributed by atoms with Gasteiger partial charge in [-0.25, -0.2) is 0 Å². The van der Waals surface area contributed by atoms with E-state index in [0.717, 1.165) is 4.90 Å². The largest absolute Gasteiger partial charge is 0.419 e. The molecule has 0 unspecified atom stereocenters. The Kier molecular flexibility index (Phi) is 4.41. The maximum atomic E-state index is 12.7. The summed E-state index contributed by atoms with van der Waals surface area (Å²) < 4.78 is 38.0. The Morgan fingerprint density at radius 2 is 1.91 bits per heavy atom. The number of rotatable bonds is 3. The number of benzene rings is 1. The summed E-state index contributed by atoms with van der Waals surface area (Å²) in [6.07, 6.45) is -5.34. The Morgan fingerprint density at radius 3 is 2.45 bits per heavy atom. The van der Waals surface area contributed by atoms with E-state index >= 15 is 0 Å². The van der Waals surface area contributed by atoms with Crippen LogP contribution in [0.1, 0.15) is 16.8 Å². The number of alkyl halides is 3. The van der Waals surface area contributed by atoms with Gasteiger partial charge in [-0.15, -0.1) is 0 Å². The van der Waals surface area contributed by atoms with Crippen molar-refractivity contribution in [2.75, 3.05) is 19.6 Å². The van der Waals surface area contributed by atoms with Gasteiger partial charge in [-0.05, 0) is 12.1 Å². The standard InChI is InChI=1S/C14H15F3N2O3/c15-14(16,17)13(22)6-7-19(9-13)11(20)8-18-12(21)10-4-2-1-3-5-10/h1-5,22H,6-9H2,(H,18,21)/t13-/m0/s1. The van der Waals surface area contributed by atoms with Crippen LogP contribution in [-0.2, 0) is 4.79 Å². The monoisotopic (exact) mass is 316 g/mol. The molecule has 2 amide bonds. The molecule has 0 radical (unpaired) electrons. The smallest absolute Gasteiger partial charge is 0.379 e. The number of carbonyl (C=O) groups excluding carboxylic acids is 2. The minimum atomic E-state index is -4.78. The Morgan fingerprint density at radius 1 is 1.27 bits per heavy atom. The molecule has 0 aliphatic carbocycles. The first-order valence-electron chi connectivity index (χ1n) is 6.63. The summed E-state index contributed by atoms with van der Waals surface area (Å²) in [7, 11) is 0. The van der Waals surface area contributed by atoms with E-state index in [0.29, 0.717) is 5.56 Å². The molecule has 8 heteroatoms. The Labute approximate surface area is 124 Å². The maximum absolute atomic E-state index is 12.7. The predicted molar refractivity (Wildman–Crippen MR) is 71.0 cm³/mol. The number of likely N-dealkylation sites (tertiary alicyclic amines) is 1. The Bertz CT molecular complexity index is 562. The van der Waals surface area contributed by atoms with Crippen LogP contribution in [0.4, 0.5) is 13.2 Å². The highest BCUT2D eigenvalue weighted by Crippen LogP contribution is 2.37. The molecule has 22 heavy (non-hydrogen) atoms. The van der Waals surface area contributed by atoms with E-state index in [1.165, 1.54) is 0 Å². The molecular formula is C14H15F3N2O3. The average molecular weight is 316 g/mol. The summed E-state index contributed by atoms with van der Waals surface area (Å²) in [6, 6.07) is 8.14. The number of nitrogens with one attached hydrogen (secondary N) is 1. The third-order valence-electron chi connectivity index (χ3n) is 3.56. The fraction of sp³-hybridized carbons (Fsp3) is 0.429. The van der Waals surface area contributed by atoms with Crippen molar-refractivity contribution in [3.05, 3.63) is 35.9 Å². The van der Waals surface area contributed by atoms with Crippen molar-refractivity contribution in [2.45, 2.75) is 18.2 Å². The molecule has 0 aromatic heterocycles. The van der Waals surface area contributed by atoms with Crippen LogP contribution in [0, 0.1) is 0 Å². The molecule has 1 fully saturated rings. The van der Waals surface area contributed by atoms with E-state index in [2.05, 4.69) is 5.32 Å². The van der Waals surface area contributed by atoms with E-state index in [1.807, 2.05) is 0 Å². The highest BCUT2D eigenvalue weighted by Gasteiger charge is 2.57. The van der Waals surface area contributed by atoms with E-state index < -0.39 is 43.1 Å². The molecule has 1 saturated heterocycles. The summed E-state index contributed by atoms with van der Waals surface area (Å²) in [5, 5.41) is 11.8. The van der Waals surface area contributed by atoms with Crippen molar-refractivity contribution in [3.8, 4) is 0 Å². The van der Waals surface area contributed by atoms with Crippen molar-refractivity contribution < 1.29 is 27.9 Å².